The summed E-state index contributed by atoms with van der Waals surface area (Å²) in [6, 6.07) is 34.8. The van der Waals surface area contributed by atoms with E-state index in [0.717, 1.165) is 6.42 Å². The quantitative estimate of drug-likeness (QED) is 0.340. The largest absolute Gasteiger partial charge is 0.0622 e. The maximum absolute atomic E-state index is 2.37. The Morgan fingerprint density at radius 2 is 1.14 bits per heavy atom. The highest BCUT2D eigenvalue weighted by Crippen LogP contribution is 2.45. The van der Waals surface area contributed by atoms with Gasteiger partial charge in [0.2, 0.25) is 0 Å². The van der Waals surface area contributed by atoms with Crippen LogP contribution in [0.25, 0.3) is 39.5 Å². The van der Waals surface area contributed by atoms with Crippen molar-refractivity contribution in [3.63, 3.8) is 0 Å². The van der Waals surface area contributed by atoms with Crippen LogP contribution in [0.5, 0.6) is 0 Å². The molecule has 4 aromatic rings. The third kappa shape index (κ3) is 3.21. The fourth-order valence-electron chi connectivity index (χ4n) is 4.27. The number of hydrogen-bond acceptors (Lipinski definition) is 0. The zero-order valence-corrected chi connectivity index (χ0v) is 16.6. The molecule has 0 N–H and O–H groups in total. The molecule has 0 saturated carbocycles. The number of fused-ring (bicyclic) bond motifs is 1. The highest BCUT2D eigenvalue weighted by molar-refractivity contribution is 5.98. The van der Waals surface area contributed by atoms with Crippen LogP contribution >= 0.6 is 0 Å². The summed E-state index contributed by atoms with van der Waals surface area (Å²) in [5.41, 5.74) is 11.7. The molecule has 0 saturated heterocycles. The minimum Gasteiger partial charge on any atom is -0.0622 e. The molecule has 0 bridgehead atoms. The molecule has 0 nitrogen and oxygen atoms in total. The lowest BCUT2D eigenvalue weighted by Crippen LogP contribution is -1.94. The Balaban J connectivity index is 1.82. The first kappa shape index (κ1) is 17.7. The molecule has 0 heterocycles. The second-order valence-electron chi connectivity index (χ2n) is 7.49. The third-order valence-electron chi connectivity index (χ3n) is 5.72. The summed E-state index contributed by atoms with van der Waals surface area (Å²) in [5.74, 6) is 0. The molecule has 0 amide bonds. The van der Waals surface area contributed by atoms with Gasteiger partial charge in [-0.3, -0.25) is 0 Å². The highest BCUT2D eigenvalue weighted by atomic mass is 14.2. The first-order valence-electron chi connectivity index (χ1n) is 10.3. The fourth-order valence-corrected chi connectivity index (χ4v) is 4.27. The molecular weight excluding hydrogens is 348 g/mol. The monoisotopic (exact) mass is 371 g/mol. The van der Waals surface area contributed by atoms with Crippen LogP contribution in [0.1, 0.15) is 24.5 Å². The predicted molar refractivity (Wildman–Crippen MR) is 124 cm³/mol. The average molecular weight is 372 g/mol. The third-order valence-corrected chi connectivity index (χ3v) is 5.72. The summed E-state index contributed by atoms with van der Waals surface area (Å²) in [5, 5.41) is 0. The molecule has 5 rings (SSSR count). The Morgan fingerprint density at radius 3 is 1.79 bits per heavy atom. The Bertz CT molecular complexity index is 1180. The molecule has 1 aliphatic rings. The van der Waals surface area contributed by atoms with Gasteiger partial charge in [0.1, 0.15) is 0 Å². The Hall–Kier alpha value is -3.38. The molecule has 139 valence electrons. The summed E-state index contributed by atoms with van der Waals surface area (Å²) < 4.78 is 0. The molecule has 0 fully saturated rings. The number of rotatable bonds is 4. The maximum Gasteiger partial charge on any atom is 0.0164 e. The molecule has 0 aliphatic heterocycles. The minimum absolute atomic E-state index is 1.05. The van der Waals surface area contributed by atoms with Gasteiger partial charge in [-0.2, -0.15) is 0 Å². The zero-order chi connectivity index (χ0) is 19.6. The van der Waals surface area contributed by atoms with Crippen molar-refractivity contribution in [1.29, 1.82) is 0 Å². The first-order chi connectivity index (χ1) is 14.3. The van der Waals surface area contributed by atoms with E-state index in [2.05, 4.69) is 116 Å². The van der Waals surface area contributed by atoms with Crippen LogP contribution in [0.15, 0.2) is 103 Å². The summed E-state index contributed by atoms with van der Waals surface area (Å²) in [6.07, 6.45) is 5.76. The molecular formula is C29H23. The highest BCUT2D eigenvalue weighted by Gasteiger charge is 2.21. The van der Waals surface area contributed by atoms with Crippen LogP contribution < -0.4 is 0 Å². The number of allylic oxidation sites excluding steroid dienone is 1. The molecule has 0 aromatic heterocycles. The van der Waals surface area contributed by atoms with Gasteiger partial charge < -0.3 is 0 Å². The summed E-state index contributed by atoms with van der Waals surface area (Å²) in [4.78, 5) is 0. The molecule has 1 radical (unpaired) electrons. The van der Waals surface area contributed by atoms with Crippen molar-refractivity contribution in [2.24, 2.45) is 0 Å². The van der Waals surface area contributed by atoms with Gasteiger partial charge in [-0.05, 0) is 50.9 Å². The lowest BCUT2D eigenvalue weighted by molar-refractivity contribution is 1.14. The van der Waals surface area contributed by atoms with Gasteiger partial charge in [0.15, 0.2) is 0 Å². The van der Waals surface area contributed by atoms with Gasteiger partial charge in [0.25, 0.3) is 0 Å². The van der Waals surface area contributed by atoms with Crippen molar-refractivity contribution in [3.8, 4) is 33.4 Å². The Labute approximate surface area is 173 Å². The van der Waals surface area contributed by atoms with Gasteiger partial charge in [-0.1, -0.05) is 116 Å². The molecule has 4 aromatic carbocycles. The lowest BCUT2D eigenvalue weighted by atomic mass is 9.85. The fraction of sp³-hybridized carbons (Fsp3) is 0.0690. The van der Waals surface area contributed by atoms with E-state index in [1.165, 1.54) is 50.1 Å². The number of benzene rings is 4. The van der Waals surface area contributed by atoms with E-state index in [4.69, 9.17) is 0 Å². The minimum atomic E-state index is 1.05. The standard InChI is InChI=1S/C29H23/c1-2-21-19-24-17-18-26(23-13-7-4-8-14-23)29(28(24)20-21)27-16-10-9-15-25(27)22-11-5-3-6-12-22/h3-20H,2H2,1H3. The average Bonchev–Trinajstić information content (AvgIpc) is 3.23. The second-order valence-corrected chi connectivity index (χ2v) is 7.49. The predicted octanol–water partition coefficient (Wildman–Crippen LogP) is 8.05. The van der Waals surface area contributed by atoms with E-state index >= 15 is 0 Å². The number of hydrogen-bond donors (Lipinski definition) is 0. The summed E-state index contributed by atoms with van der Waals surface area (Å²) in [6.45, 7) is 2.23. The summed E-state index contributed by atoms with van der Waals surface area (Å²) in [7, 11) is 0. The topological polar surface area (TPSA) is 0 Å². The van der Waals surface area contributed by atoms with Crippen molar-refractivity contribution in [1.82, 2.24) is 0 Å². The molecule has 0 spiro atoms. The van der Waals surface area contributed by atoms with Crippen molar-refractivity contribution >= 4 is 6.08 Å². The van der Waals surface area contributed by atoms with E-state index in [9.17, 15) is 0 Å². The maximum atomic E-state index is 2.37. The van der Waals surface area contributed by atoms with Crippen molar-refractivity contribution in [2.45, 2.75) is 13.3 Å². The van der Waals surface area contributed by atoms with Crippen molar-refractivity contribution < 1.29 is 0 Å². The van der Waals surface area contributed by atoms with Crippen LogP contribution in [0, 0.1) is 6.42 Å². The Kier molecular flexibility index (Phi) is 4.62. The van der Waals surface area contributed by atoms with Crippen molar-refractivity contribution in [3.05, 3.63) is 120 Å². The van der Waals surface area contributed by atoms with E-state index in [1.807, 2.05) is 0 Å². The molecule has 1 aliphatic carbocycles. The van der Waals surface area contributed by atoms with Gasteiger partial charge >= 0.3 is 0 Å². The van der Waals surface area contributed by atoms with E-state index in [0.29, 0.717) is 0 Å². The smallest absolute Gasteiger partial charge is 0.0164 e. The summed E-state index contributed by atoms with van der Waals surface area (Å²) >= 11 is 0. The lowest BCUT2D eigenvalue weighted by Gasteiger charge is -2.18. The van der Waals surface area contributed by atoms with Gasteiger partial charge in [-0.15, -0.1) is 0 Å². The second kappa shape index (κ2) is 7.56. The van der Waals surface area contributed by atoms with Crippen LogP contribution in [-0.4, -0.2) is 0 Å². The molecule has 0 atom stereocenters. The normalized spacial score (nSPS) is 12.5. The van der Waals surface area contributed by atoms with E-state index in [1.54, 1.807) is 0 Å². The molecule has 0 heteroatoms. The van der Waals surface area contributed by atoms with Gasteiger partial charge in [0.05, 0.1) is 0 Å². The van der Waals surface area contributed by atoms with E-state index < -0.39 is 0 Å². The van der Waals surface area contributed by atoms with E-state index in [-0.39, 0.29) is 0 Å². The van der Waals surface area contributed by atoms with Crippen LogP contribution in [0.3, 0.4) is 0 Å². The van der Waals surface area contributed by atoms with Crippen LogP contribution in [-0.2, 0) is 0 Å². The molecule has 29 heavy (non-hydrogen) atoms. The SMILES string of the molecule is CCC1=Cc2c(ccc(-c3ccccc3)c2-c2ccccc2-c2ccccc2)[CH]1. The zero-order valence-electron chi connectivity index (χ0n) is 16.6. The Morgan fingerprint density at radius 1 is 0.552 bits per heavy atom. The molecule has 0 unspecified atom stereocenters. The first-order valence-corrected chi connectivity index (χ1v) is 10.3. The van der Waals surface area contributed by atoms with Crippen molar-refractivity contribution in [2.75, 3.05) is 0 Å². The van der Waals surface area contributed by atoms with Crippen LogP contribution in [0.4, 0.5) is 0 Å². The van der Waals surface area contributed by atoms with Gasteiger partial charge in [-0.25, -0.2) is 0 Å². The van der Waals surface area contributed by atoms with Crippen LogP contribution in [0.2, 0.25) is 0 Å². The van der Waals surface area contributed by atoms with Gasteiger partial charge in [0, 0.05) is 6.42 Å².